The number of benzene rings is 1. The third-order valence-corrected chi connectivity index (χ3v) is 7.12. The van der Waals surface area contributed by atoms with E-state index in [1.807, 2.05) is 13.8 Å². The lowest BCUT2D eigenvalue weighted by Gasteiger charge is -2.06. The predicted molar refractivity (Wildman–Crippen MR) is 139 cm³/mol. The van der Waals surface area contributed by atoms with E-state index in [0.29, 0.717) is 16.7 Å². The highest BCUT2D eigenvalue weighted by Gasteiger charge is 2.21. The number of ketones is 1. The summed E-state index contributed by atoms with van der Waals surface area (Å²) in [5.74, 6) is -0.188. The third-order valence-electron chi connectivity index (χ3n) is 3.91. The summed E-state index contributed by atoms with van der Waals surface area (Å²) in [4.78, 5) is 17.2. The van der Waals surface area contributed by atoms with E-state index in [1.54, 1.807) is 24.3 Å². The van der Waals surface area contributed by atoms with Gasteiger partial charge in [-0.15, -0.1) is 11.6 Å². The van der Waals surface area contributed by atoms with Gasteiger partial charge in [-0.05, 0) is 30.3 Å². The smallest absolute Gasteiger partial charge is 0.207 e. The Kier molecular flexibility index (Phi) is 12.4. The maximum Gasteiger partial charge on any atom is 0.207 e. The number of aromatic nitrogens is 1. The zero-order chi connectivity index (χ0) is 25.0. The monoisotopic (exact) mass is 531 g/mol. The van der Waals surface area contributed by atoms with E-state index in [2.05, 4.69) is 16.9 Å². The number of allylic oxidation sites excluding steroid dienone is 5. The summed E-state index contributed by atoms with van der Waals surface area (Å²) in [6.45, 7) is 7.83. The van der Waals surface area contributed by atoms with Crippen LogP contribution in [-0.2, 0) is 14.6 Å². The maximum atomic E-state index is 12.7. The number of ether oxygens (including phenoxy) is 1. The molecule has 2 aromatic rings. The van der Waals surface area contributed by atoms with Gasteiger partial charge in [-0.2, -0.15) is 0 Å². The van der Waals surface area contributed by atoms with Crippen molar-refractivity contribution in [3.05, 3.63) is 64.6 Å². The summed E-state index contributed by atoms with van der Waals surface area (Å²) in [6.07, 6.45) is 4.80. The van der Waals surface area contributed by atoms with Crippen LogP contribution in [0.15, 0.2) is 64.6 Å². The van der Waals surface area contributed by atoms with Crippen LogP contribution >= 0.6 is 34.5 Å². The number of thiazole rings is 1. The SMILES string of the molecule is C=C(C(=O)c1sc(Nc2ccc(S(=O)(=O)CCOC)cc2)nc1N)/C(Cl)=C\C=C/CCl.CC. The van der Waals surface area contributed by atoms with E-state index >= 15 is 0 Å². The third kappa shape index (κ3) is 8.60. The van der Waals surface area contributed by atoms with Gasteiger partial charge in [-0.25, -0.2) is 13.4 Å². The van der Waals surface area contributed by atoms with E-state index in [9.17, 15) is 13.2 Å². The number of rotatable bonds is 11. The van der Waals surface area contributed by atoms with E-state index < -0.39 is 15.6 Å². The van der Waals surface area contributed by atoms with Crippen molar-refractivity contribution in [1.29, 1.82) is 0 Å². The molecular weight excluding hydrogens is 505 g/mol. The molecule has 0 bridgehead atoms. The molecule has 3 N–H and O–H groups in total. The normalized spacial score (nSPS) is 11.7. The van der Waals surface area contributed by atoms with Gasteiger partial charge in [0.05, 0.1) is 22.3 Å². The number of nitrogens with one attached hydrogen (secondary N) is 1. The maximum absolute atomic E-state index is 12.7. The van der Waals surface area contributed by atoms with Crippen molar-refractivity contribution >= 4 is 66.8 Å². The summed E-state index contributed by atoms with van der Waals surface area (Å²) in [7, 11) is -1.98. The molecule has 11 heteroatoms. The number of hydrogen-bond acceptors (Lipinski definition) is 8. The Hall–Kier alpha value is -2.17. The molecule has 180 valence electrons. The van der Waals surface area contributed by atoms with Crippen LogP contribution in [0.25, 0.3) is 0 Å². The number of halogens is 2. The van der Waals surface area contributed by atoms with Crippen LogP contribution in [0.3, 0.4) is 0 Å². The average Bonchev–Trinajstić information content (AvgIpc) is 3.18. The molecule has 2 rings (SSSR count). The number of sulfone groups is 1. The van der Waals surface area contributed by atoms with E-state index in [-0.39, 0.29) is 38.6 Å². The molecular formula is C22H27Cl2N3O4S2. The number of nitrogen functional groups attached to an aromatic ring is 1. The summed E-state index contributed by atoms with van der Waals surface area (Å²) < 4.78 is 29.2. The lowest BCUT2D eigenvalue weighted by atomic mass is 10.1. The van der Waals surface area contributed by atoms with Crippen LogP contribution in [0.1, 0.15) is 23.5 Å². The first-order valence-electron chi connectivity index (χ1n) is 9.87. The lowest BCUT2D eigenvalue weighted by molar-refractivity contribution is 0.104. The average molecular weight is 533 g/mol. The van der Waals surface area contributed by atoms with Gasteiger partial charge in [0, 0.05) is 24.3 Å². The predicted octanol–water partition coefficient (Wildman–Crippen LogP) is 5.57. The molecule has 0 radical (unpaired) electrons. The molecule has 0 atom stereocenters. The largest absolute Gasteiger partial charge is 0.384 e. The number of carbonyl (C=O) groups excluding carboxylic acids is 1. The molecule has 1 aromatic carbocycles. The van der Waals surface area contributed by atoms with Gasteiger partial charge in [0.25, 0.3) is 0 Å². The Labute approximate surface area is 208 Å². The van der Waals surface area contributed by atoms with Gasteiger partial charge in [-0.3, -0.25) is 4.79 Å². The zero-order valence-electron chi connectivity index (χ0n) is 18.6. The van der Waals surface area contributed by atoms with E-state index in [4.69, 9.17) is 33.7 Å². The second kappa shape index (κ2) is 14.2. The molecule has 33 heavy (non-hydrogen) atoms. The summed E-state index contributed by atoms with van der Waals surface area (Å²) >= 11 is 12.7. The van der Waals surface area contributed by atoms with Crippen molar-refractivity contribution in [2.45, 2.75) is 18.7 Å². The van der Waals surface area contributed by atoms with E-state index in [0.717, 1.165) is 11.3 Å². The second-order valence-electron chi connectivity index (χ2n) is 6.10. The molecule has 0 aliphatic rings. The number of Topliss-reactive ketones (excluding diaryl/α,β-unsaturated/α-hetero) is 1. The molecule has 0 aliphatic carbocycles. The molecule has 7 nitrogen and oxygen atoms in total. The van der Waals surface area contributed by atoms with Gasteiger partial charge in [0.2, 0.25) is 5.78 Å². The molecule has 0 saturated heterocycles. The molecule has 0 aliphatic heterocycles. The number of nitrogens with two attached hydrogens (primary N) is 1. The van der Waals surface area contributed by atoms with Crippen molar-refractivity contribution in [2.75, 3.05) is 36.4 Å². The molecule has 1 heterocycles. The number of alkyl halides is 1. The van der Waals surface area contributed by atoms with Crippen molar-refractivity contribution in [2.24, 2.45) is 0 Å². The molecule has 0 saturated carbocycles. The number of methoxy groups -OCH3 is 1. The summed E-state index contributed by atoms with van der Waals surface area (Å²) in [6, 6.07) is 6.16. The van der Waals surface area contributed by atoms with Crippen molar-refractivity contribution in [3.63, 3.8) is 0 Å². The Bertz CT molecular complexity index is 1110. The van der Waals surface area contributed by atoms with Crippen LogP contribution < -0.4 is 11.1 Å². The number of hydrogen-bond donors (Lipinski definition) is 2. The van der Waals surface area contributed by atoms with Gasteiger partial charge >= 0.3 is 0 Å². The first-order chi connectivity index (χ1) is 15.7. The number of carbonyl (C=O) groups is 1. The minimum Gasteiger partial charge on any atom is -0.384 e. The summed E-state index contributed by atoms with van der Waals surface area (Å²) in [5, 5.41) is 3.54. The van der Waals surface area contributed by atoms with Crippen LogP contribution in [0.4, 0.5) is 16.6 Å². The topological polar surface area (TPSA) is 111 Å². The Morgan fingerprint density at radius 1 is 1.30 bits per heavy atom. The highest BCUT2D eigenvalue weighted by atomic mass is 35.5. The lowest BCUT2D eigenvalue weighted by Crippen LogP contribution is -2.11. The molecule has 1 aromatic heterocycles. The van der Waals surface area contributed by atoms with Gasteiger partial charge in [0.15, 0.2) is 15.0 Å². The molecule has 0 amide bonds. The molecule has 0 unspecified atom stereocenters. The fourth-order valence-electron chi connectivity index (χ4n) is 2.28. The number of nitrogens with zero attached hydrogens (tertiary/aromatic N) is 1. The van der Waals surface area contributed by atoms with Gasteiger partial charge in [-0.1, -0.05) is 55.5 Å². The fraction of sp³-hybridized carbons (Fsp3) is 0.273. The fourth-order valence-corrected chi connectivity index (χ4v) is 4.58. The van der Waals surface area contributed by atoms with E-state index in [1.165, 1.54) is 25.3 Å². The van der Waals surface area contributed by atoms with Gasteiger partial charge in [0.1, 0.15) is 10.7 Å². The first kappa shape index (κ1) is 28.9. The Morgan fingerprint density at radius 2 is 1.94 bits per heavy atom. The van der Waals surface area contributed by atoms with Crippen LogP contribution in [-0.4, -0.2) is 44.5 Å². The summed E-state index contributed by atoms with van der Waals surface area (Å²) in [5.41, 5.74) is 6.56. The first-order valence-corrected chi connectivity index (χ1v) is 13.2. The van der Waals surface area contributed by atoms with Crippen molar-refractivity contribution in [1.82, 2.24) is 4.98 Å². The molecule has 0 fully saturated rings. The van der Waals surface area contributed by atoms with Crippen LogP contribution in [0.5, 0.6) is 0 Å². The molecule has 0 spiro atoms. The Balaban J connectivity index is 0.00000265. The Morgan fingerprint density at radius 3 is 2.52 bits per heavy atom. The minimum absolute atomic E-state index is 0.0400. The number of anilines is 3. The quantitative estimate of drug-likeness (QED) is 0.168. The zero-order valence-corrected chi connectivity index (χ0v) is 21.7. The standard InChI is InChI=1S/C20H21Cl2N3O4S2.C2H6/c1-13(16(22)5-3-4-10-21)17(26)18-19(23)25-20(30-18)24-14-6-8-15(9-7-14)31(27,28)12-11-29-2;1-2/h3-9H,1,10-12,23H2,2H3,(H,24,25);1-2H3/b4-3-,16-5+;. The highest BCUT2D eigenvalue weighted by molar-refractivity contribution is 7.91. The highest BCUT2D eigenvalue weighted by Crippen LogP contribution is 2.31. The second-order valence-corrected chi connectivity index (χ2v) is 9.92. The minimum atomic E-state index is -3.42. The van der Waals surface area contributed by atoms with Crippen molar-refractivity contribution in [3.8, 4) is 0 Å². The van der Waals surface area contributed by atoms with Gasteiger partial charge < -0.3 is 15.8 Å². The van der Waals surface area contributed by atoms with Crippen molar-refractivity contribution < 1.29 is 17.9 Å². The van der Waals surface area contributed by atoms with Crippen LogP contribution in [0.2, 0.25) is 0 Å². The van der Waals surface area contributed by atoms with Crippen LogP contribution in [0, 0.1) is 0 Å².